The summed E-state index contributed by atoms with van der Waals surface area (Å²) in [5.41, 5.74) is 5.61. The number of carbonyl (C=O) groups is 1. The molecule has 0 unspecified atom stereocenters. The van der Waals surface area contributed by atoms with Crippen LogP contribution in [-0.2, 0) is 11.4 Å². The van der Waals surface area contributed by atoms with E-state index in [1.165, 1.54) is 6.20 Å². The van der Waals surface area contributed by atoms with Crippen LogP contribution in [0.25, 0.3) is 10.9 Å². The summed E-state index contributed by atoms with van der Waals surface area (Å²) in [5, 5.41) is 17.3. The summed E-state index contributed by atoms with van der Waals surface area (Å²) in [6.45, 7) is 5.03. The molecule has 0 atom stereocenters. The number of ether oxygens (including phenoxy) is 1. The molecule has 1 amide bonds. The van der Waals surface area contributed by atoms with Gasteiger partial charge in [-0.25, -0.2) is 4.98 Å². The van der Waals surface area contributed by atoms with Crippen molar-refractivity contribution in [2.45, 2.75) is 33.3 Å². The van der Waals surface area contributed by atoms with Crippen LogP contribution in [0.2, 0.25) is 5.02 Å². The van der Waals surface area contributed by atoms with Crippen molar-refractivity contribution >= 4 is 61.4 Å². The highest BCUT2D eigenvalue weighted by Gasteiger charge is 2.15. The molecule has 4 aromatic rings. The first-order valence-electron chi connectivity index (χ1n) is 12.7. The summed E-state index contributed by atoms with van der Waals surface area (Å²) in [5.74, 6) is 0.529. The molecule has 4 rings (SSSR count). The molecular formula is C30H30BrClN6O2. The van der Waals surface area contributed by atoms with Crippen LogP contribution in [0.1, 0.15) is 35.2 Å². The van der Waals surface area contributed by atoms with E-state index in [-0.39, 0.29) is 5.91 Å². The quantitative estimate of drug-likeness (QED) is 0.182. The van der Waals surface area contributed by atoms with Gasteiger partial charge in [0.1, 0.15) is 23.0 Å². The van der Waals surface area contributed by atoms with E-state index in [0.717, 1.165) is 34.4 Å². The number of fused-ring (bicyclic) bond motifs is 1. The number of anilines is 3. The number of nitrogens with zero attached hydrogens (tertiary/aromatic N) is 4. The number of nitriles is 1. The summed E-state index contributed by atoms with van der Waals surface area (Å²) in [6, 6.07) is 15.1. The Bertz CT molecular complexity index is 1600. The Morgan fingerprint density at radius 3 is 2.65 bits per heavy atom. The Hall–Kier alpha value is -3.71. The Morgan fingerprint density at radius 1 is 1.12 bits per heavy atom. The Labute approximate surface area is 247 Å². The molecule has 0 radical (unpaired) electrons. The van der Waals surface area contributed by atoms with Crippen molar-refractivity contribution < 1.29 is 9.53 Å². The fraction of sp³-hybridized carbons (Fsp3) is 0.267. The van der Waals surface area contributed by atoms with Crippen LogP contribution in [0.3, 0.4) is 0 Å². The molecule has 40 heavy (non-hydrogen) atoms. The van der Waals surface area contributed by atoms with Gasteiger partial charge in [-0.2, -0.15) is 5.26 Å². The van der Waals surface area contributed by atoms with Gasteiger partial charge in [-0.1, -0.05) is 17.7 Å². The van der Waals surface area contributed by atoms with E-state index in [2.05, 4.69) is 42.6 Å². The monoisotopic (exact) mass is 620 g/mol. The van der Waals surface area contributed by atoms with E-state index < -0.39 is 0 Å². The van der Waals surface area contributed by atoms with Crippen molar-refractivity contribution in [1.82, 2.24) is 14.9 Å². The summed E-state index contributed by atoms with van der Waals surface area (Å²) in [7, 11) is 3.96. The third-order valence-electron chi connectivity index (χ3n) is 6.36. The second kappa shape index (κ2) is 13.1. The van der Waals surface area contributed by atoms with Crippen molar-refractivity contribution in [2.24, 2.45) is 0 Å². The van der Waals surface area contributed by atoms with Crippen molar-refractivity contribution in [3.8, 4) is 11.8 Å². The number of benzene rings is 2. The molecule has 206 valence electrons. The fourth-order valence-electron chi connectivity index (χ4n) is 4.13. The summed E-state index contributed by atoms with van der Waals surface area (Å²) >= 11 is 10.0. The molecular weight excluding hydrogens is 592 g/mol. The average Bonchev–Trinajstić information content (AvgIpc) is 2.91. The predicted octanol–water partition coefficient (Wildman–Crippen LogP) is 7.14. The molecule has 0 aliphatic carbocycles. The van der Waals surface area contributed by atoms with Crippen LogP contribution in [0.5, 0.6) is 5.75 Å². The van der Waals surface area contributed by atoms with Gasteiger partial charge in [0.2, 0.25) is 5.91 Å². The number of pyridine rings is 2. The molecule has 2 N–H and O–H groups in total. The fourth-order valence-corrected chi connectivity index (χ4v) is 4.69. The first-order chi connectivity index (χ1) is 19.1. The number of hydrogen-bond donors (Lipinski definition) is 2. The Morgan fingerprint density at radius 2 is 1.93 bits per heavy atom. The highest BCUT2D eigenvalue weighted by Crippen LogP contribution is 2.36. The first-order valence-corrected chi connectivity index (χ1v) is 13.9. The molecule has 8 nitrogen and oxygen atoms in total. The minimum absolute atomic E-state index is 0.0601. The number of rotatable bonds is 10. The molecule has 2 aromatic carbocycles. The second-order valence-corrected chi connectivity index (χ2v) is 11.0. The molecule has 2 heterocycles. The van der Waals surface area contributed by atoms with Gasteiger partial charge in [-0.15, -0.1) is 0 Å². The van der Waals surface area contributed by atoms with Crippen LogP contribution in [0.15, 0.2) is 53.3 Å². The number of amides is 1. The largest absolute Gasteiger partial charge is 0.487 e. The van der Waals surface area contributed by atoms with E-state index in [9.17, 15) is 10.1 Å². The lowest BCUT2D eigenvalue weighted by atomic mass is 10.0. The molecule has 0 fully saturated rings. The summed E-state index contributed by atoms with van der Waals surface area (Å²) in [6.07, 6.45) is 2.70. The van der Waals surface area contributed by atoms with E-state index >= 15 is 0 Å². The van der Waals surface area contributed by atoms with Crippen LogP contribution in [0, 0.1) is 25.2 Å². The maximum absolute atomic E-state index is 12.6. The maximum Gasteiger partial charge on any atom is 0.224 e. The van der Waals surface area contributed by atoms with E-state index in [1.807, 2.05) is 57.1 Å². The summed E-state index contributed by atoms with van der Waals surface area (Å²) in [4.78, 5) is 23.6. The van der Waals surface area contributed by atoms with Gasteiger partial charge in [-0.05, 0) is 98.3 Å². The number of carbonyl (C=O) groups excluding carboxylic acids is 1. The number of halogens is 2. The van der Waals surface area contributed by atoms with E-state index in [4.69, 9.17) is 16.3 Å². The second-order valence-electron chi connectivity index (χ2n) is 9.75. The molecule has 0 spiro atoms. The number of aromatic nitrogens is 2. The topological polar surface area (TPSA) is 103 Å². The third kappa shape index (κ3) is 7.27. The molecule has 0 aliphatic rings. The van der Waals surface area contributed by atoms with E-state index in [0.29, 0.717) is 57.3 Å². The lowest BCUT2D eigenvalue weighted by Crippen LogP contribution is -2.17. The van der Waals surface area contributed by atoms with Crippen molar-refractivity contribution in [1.29, 1.82) is 5.26 Å². The van der Waals surface area contributed by atoms with Gasteiger partial charge in [-0.3, -0.25) is 9.78 Å². The summed E-state index contributed by atoms with van der Waals surface area (Å²) < 4.78 is 6.68. The average molecular weight is 622 g/mol. The standard InChI is InChI=1S/C30H30BrClN6O2/c1-18-7-10-28(31)35-27(18)17-40-21-8-9-24(23(32)13-21)37-30-20(15-33)16-34-26-12-19(2)25(14-22(26)30)36-29(39)6-5-11-38(3)4/h7-10,12-14,16H,5-6,11,17H2,1-4H3,(H,34,37)(H,36,39). The van der Waals surface area contributed by atoms with Gasteiger partial charge in [0.25, 0.3) is 0 Å². The highest BCUT2D eigenvalue weighted by atomic mass is 79.9. The van der Waals surface area contributed by atoms with Gasteiger partial charge in [0.15, 0.2) is 0 Å². The number of hydrogen-bond acceptors (Lipinski definition) is 7. The van der Waals surface area contributed by atoms with Gasteiger partial charge < -0.3 is 20.3 Å². The predicted molar refractivity (Wildman–Crippen MR) is 163 cm³/mol. The first kappa shape index (κ1) is 29.3. The molecule has 0 bridgehead atoms. The minimum Gasteiger partial charge on any atom is -0.487 e. The lowest BCUT2D eigenvalue weighted by Gasteiger charge is -2.16. The van der Waals surface area contributed by atoms with Crippen molar-refractivity contribution in [2.75, 3.05) is 31.3 Å². The van der Waals surface area contributed by atoms with Gasteiger partial charge in [0.05, 0.1) is 33.2 Å². The molecule has 2 aromatic heterocycles. The Kier molecular flexibility index (Phi) is 9.58. The normalized spacial score (nSPS) is 10.9. The van der Waals surface area contributed by atoms with Gasteiger partial charge >= 0.3 is 0 Å². The molecule has 10 heteroatoms. The molecule has 0 saturated heterocycles. The SMILES string of the molecule is Cc1cc2ncc(C#N)c(Nc3ccc(OCc4nc(Br)ccc4C)cc3Cl)c2cc1NC(=O)CCCN(C)C. The Balaban J connectivity index is 1.58. The number of nitrogens with one attached hydrogen (secondary N) is 2. The van der Waals surface area contributed by atoms with Crippen LogP contribution < -0.4 is 15.4 Å². The highest BCUT2D eigenvalue weighted by molar-refractivity contribution is 9.10. The van der Waals surface area contributed by atoms with Crippen molar-refractivity contribution in [3.05, 3.63) is 80.7 Å². The minimum atomic E-state index is -0.0601. The lowest BCUT2D eigenvalue weighted by molar-refractivity contribution is -0.116. The van der Waals surface area contributed by atoms with Gasteiger partial charge in [0, 0.05) is 29.8 Å². The van der Waals surface area contributed by atoms with E-state index in [1.54, 1.807) is 18.2 Å². The van der Waals surface area contributed by atoms with Crippen molar-refractivity contribution in [3.63, 3.8) is 0 Å². The van der Waals surface area contributed by atoms with Crippen LogP contribution >= 0.6 is 27.5 Å². The maximum atomic E-state index is 12.6. The third-order valence-corrected chi connectivity index (χ3v) is 7.12. The number of aryl methyl sites for hydroxylation is 2. The zero-order valence-corrected chi connectivity index (χ0v) is 25.2. The molecule has 0 aliphatic heterocycles. The zero-order valence-electron chi connectivity index (χ0n) is 22.8. The van der Waals surface area contributed by atoms with Crippen LogP contribution in [-0.4, -0.2) is 41.4 Å². The zero-order chi connectivity index (χ0) is 28.8. The smallest absolute Gasteiger partial charge is 0.224 e. The molecule has 0 saturated carbocycles. The van der Waals surface area contributed by atoms with Crippen LogP contribution in [0.4, 0.5) is 17.1 Å².